The van der Waals surface area contributed by atoms with Crippen LogP contribution >= 0.6 is 24.0 Å². The van der Waals surface area contributed by atoms with Gasteiger partial charge in [-0.25, -0.2) is 4.99 Å². The minimum Gasteiger partial charge on any atom is -0.370 e. The molecule has 1 fully saturated rings. The van der Waals surface area contributed by atoms with Gasteiger partial charge in [-0.05, 0) is 21.0 Å². The predicted octanol–water partition coefficient (Wildman–Crippen LogP) is 0.331. The fourth-order valence-electron chi connectivity index (χ4n) is 1.82. The molecule has 1 rings (SSSR count). The topological polar surface area (TPSA) is 56.9 Å². The molecule has 1 aliphatic rings. The van der Waals surface area contributed by atoms with Crippen LogP contribution in [0.25, 0.3) is 0 Å². The molecule has 0 aromatic heterocycles. The highest BCUT2D eigenvalue weighted by atomic mass is 127. The smallest absolute Gasteiger partial charge is 0.188 e. The van der Waals surface area contributed by atoms with Crippen molar-refractivity contribution >= 4 is 29.9 Å². The van der Waals surface area contributed by atoms with Gasteiger partial charge in [-0.15, -0.1) is 24.0 Å². The van der Waals surface area contributed by atoms with Crippen LogP contribution in [0, 0.1) is 0 Å². The van der Waals surface area contributed by atoms with Crippen LogP contribution in [0.1, 0.15) is 6.92 Å². The molecule has 1 atom stereocenters. The van der Waals surface area contributed by atoms with Gasteiger partial charge in [0.15, 0.2) is 5.96 Å². The van der Waals surface area contributed by atoms with Gasteiger partial charge in [0.05, 0.1) is 6.54 Å². The van der Waals surface area contributed by atoms with E-state index in [1.165, 1.54) is 0 Å². The molecule has 0 radical (unpaired) electrons. The van der Waals surface area contributed by atoms with Crippen LogP contribution in [0.3, 0.4) is 0 Å². The SMILES string of the molecule is C=C(C)CN=C(N)NCC1CN(C)CCN1C.I. The predicted molar refractivity (Wildman–Crippen MR) is 88.6 cm³/mol. The van der Waals surface area contributed by atoms with Crippen molar-refractivity contribution in [3.05, 3.63) is 12.2 Å². The average molecular weight is 367 g/mol. The van der Waals surface area contributed by atoms with Crippen molar-refractivity contribution in [2.75, 3.05) is 46.8 Å². The number of rotatable bonds is 4. The van der Waals surface area contributed by atoms with E-state index in [0.717, 1.165) is 31.8 Å². The summed E-state index contributed by atoms with van der Waals surface area (Å²) in [6, 6.07) is 0.493. The molecule has 1 unspecified atom stereocenters. The lowest BCUT2D eigenvalue weighted by Crippen LogP contribution is -2.55. The summed E-state index contributed by atoms with van der Waals surface area (Å²) in [5.74, 6) is 0.509. The molecule has 1 aliphatic heterocycles. The van der Waals surface area contributed by atoms with Crippen molar-refractivity contribution in [3.63, 3.8) is 0 Å². The number of nitrogens with zero attached hydrogens (tertiary/aromatic N) is 3. The normalized spacial score (nSPS) is 22.4. The molecular formula is C12H26IN5. The molecule has 3 N–H and O–H groups in total. The van der Waals surface area contributed by atoms with Crippen molar-refractivity contribution < 1.29 is 0 Å². The van der Waals surface area contributed by atoms with Crippen LogP contribution in [0.5, 0.6) is 0 Å². The Hall–Kier alpha value is -0.340. The standard InChI is InChI=1S/C12H25N5.HI/c1-10(2)7-14-12(13)15-8-11-9-16(3)5-6-17(11)4;/h11H,1,5-9H2,2-4H3,(H3,13,14,15);1H. The molecule has 0 amide bonds. The molecule has 1 heterocycles. The first kappa shape index (κ1) is 17.7. The van der Waals surface area contributed by atoms with E-state index in [2.05, 4.69) is 40.8 Å². The van der Waals surface area contributed by atoms with E-state index < -0.39 is 0 Å². The maximum atomic E-state index is 5.78. The van der Waals surface area contributed by atoms with Crippen molar-refractivity contribution in [2.24, 2.45) is 10.7 Å². The molecule has 0 aliphatic carbocycles. The van der Waals surface area contributed by atoms with E-state index >= 15 is 0 Å². The highest BCUT2D eigenvalue weighted by Crippen LogP contribution is 2.04. The lowest BCUT2D eigenvalue weighted by atomic mass is 10.2. The number of aliphatic imine (C=N–C) groups is 1. The molecule has 0 saturated carbocycles. The van der Waals surface area contributed by atoms with Gasteiger partial charge in [0.25, 0.3) is 0 Å². The van der Waals surface area contributed by atoms with Gasteiger partial charge < -0.3 is 16.0 Å². The first-order chi connectivity index (χ1) is 7.99. The third kappa shape index (κ3) is 6.55. The van der Waals surface area contributed by atoms with Gasteiger partial charge in [-0.3, -0.25) is 4.90 Å². The second kappa shape index (κ2) is 8.71. The zero-order valence-electron chi connectivity index (χ0n) is 11.6. The number of halogens is 1. The zero-order chi connectivity index (χ0) is 12.8. The monoisotopic (exact) mass is 367 g/mol. The summed E-state index contributed by atoms with van der Waals surface area (Å²) in [6.07, 6.45) is 0. The molecule has 0 aromatic rings. The van der Waals surface area contributed by atoms with Gasteiger partial charge in [-0.1, -0.05) is 12.2 Å². The fraction of sp³-hybridized carbons (Fsp3) is 0.750. The van der Waals surface area contributed by atoms with Gasteiger partial charge >= 0.3 is 0 Å². The van der Waals surface area contributed by atoms with Crippen molar-refractivity contribution in [1.82, 2.24) is 15.1 Å². The summed E-state index contributed by atoms with van der Waals surface area (Å²) in [6.45, 7) is 10.5. The molecule has 0 spiro atoms. The summed E-state index contributed by atoms with van der Waals surface area (Å²) < 4.78 is 0. The largest absolute Gasteiger partial charge is 0.370 e. The Kier molecular flexibility index (Phi) is 8.54. The lowest BCUT2D eigenvalue weighted by Gasteiger charge is -2.37. The highest BCUT2D eigenvalue weighted by molar-refractivity contribution is 14.0. The molecule has 18 heavy (non-hydrogen) atoms. The van der Waals surface area contributed by atoms with E-state index in [4.69, 9.17) is 5.73 Å². The van der Waals surface area contributed by atoms with Crippen molar-refractivity contribution in [1.29, 1.82) is 0 Å². The summed E-state index contributed by atoms with van der Waals surface area (Å²) in [5.41, 5.74) is 6.80. The Morgan fingerprint density at radius 1 is 1.44 bits per heavy atom. The Morgan fingerprint density at radius 3 is 2.72 bits per heavy atom. The molecular weight excluding hydrogens is 341 g/mol. The van der Waals surface area contributed by atoms with Crippen molar-refractivity contribution in [2.45, 2.75) is 13.0 Å². The van der Waals surface area contributed by atoms with Gasteiger partial charge in [-0.2, -0.15) is 0 Å². The molecule has 0 aromatic carbocycles. The number of likely N-dealkylation sites (N-methyl/N-ethyl adjacent to an activating group) is 2. The quantitative estimate of drug-likeness (QED) is 0.326. The Morgan fingerprint density at radius 2 is 2.11 bits per heavy atom. The lowest BCUT2D eigenvalue weighted by molar-refractivity contribution is 0.116. The third-order valence-electron chi connectivity index (χ3n) is 3.02. The number of hydrogen-bond donors (Lipinski definition) is 2. The van der Waals surface area contributed by atoms with Crippen molar-refractivity contribution in [3.8, 4) is 0 Å². The molecule has 6 heteroatoms. The number of piperazine rings is 1. The molecule has 106 valence electrons. The number of guanidine groups is 1. The summed E-state index contributed by atoms with van der Waals surface area (Å²) in [4.78, 5) is 8.90. The summed E-state index contributed by atoms with van der Waals surface area (Å²) >= 11 is 0. The van der Waals surface area contributed by atoms with Gasteiger partial charge in [0.1, 0.15) is 0 Å². The first-order valence-electron chi connectivity index (χ1n) is 6.06. The van der Waals surface area contributed by atoms with E-state index in [9.17, 15) is 0 Å². The van der Waals surface area contributed by atoms with Crippen LogP contribution in [0.2, 0.25) is 0 Å². The zero-order valence-corrected chi connectivity index (χ0v) is 14.0. The van der Waals surface area contributed by atoms with Crippen LogP contribution in [0.15, 0.2) is 17.1 Å². The molecule has 1 saturated heterocycles. The number of nitrogens with two attached hydrogens (primary N) is 1. The average Bonchev–Trinajstić information content (AvgIpc) is 2.27. The van der Waals surface area contributed by atoms with E-state index in [1.807, 2.05) is 6.92 Å². The molecule has 5 nitrogen and oxygen atoms in total. The minimum atomic E-state index is 0. The second-order valence-electron chi connectivity index (χ2n) is 4.94. The van der Waals surface area contributed by atoms with Crippen LogP contribution in [-0.2, 0) is 0 Å². The number of nitrogens with one attached hydrogen (secondary N) is 1. The number of hydrogen-bond acceptors (Lipinski definition) is 3. The Bertz CT molecular complexity index is 292. The Balaban J connectivity index is 0.00000289. The van der Waals surface area contributed by atoms with Crippen LogP contribution < -0.4 is 11.1 Å². The van der Waals surface area contributed by atoms with Gasteiger partial charge in [0.2, 0.25) is 0 Å². The third-order valence-corrected chi connectivity index (χ3v) is 3.02. The summed E-state index contributed by atoms with van der Waals surface area (Å²) in [7, 11) is 4.30. The van der Waals surface area contributed by atoms with E-state index in [1.54, 1.807) is 0 Å². The fourth-order valence-corrected chi connectivity index (χ4v) is 1.82. The van der Waals surface area contributed by atoms with Crippen LogP contribution in [-0.4, -0.2) is 68.6 Å². The minimum absolute atomic E-state index is 0. The van der Waals surface area contributed by atoms with Gasteiger partial charge in [0, 0.05) is 32.2 Å². The highest BCUT2D eigenvalue weighted by Gasteiger charge is 2.21. The first-order valence-corrected chi connectivity index (χ1v) is 6.06. The van der Waals surface area contributed by atoms with Crippen LogP contribution in [0.4, 0.5) is 0 Å². The molecule has 0 bridgehead atoms. The van der Waals surface area contributed by atoms with E-state index in [-0.39, 0.29) is 24.0 Å². The maximum absolute atomic E-state index is 5.78. The summed E-state index contributed by atoms with van der Waals surface area (Å²) in [5, 5.41) is 3.18. The Labute approximate surface area is 128 Å². The second-order valence-corrected chi connectivity index (χ2v) is 4.94. The maximum Gasteiger partial charge on any atom is 0.188 e. The van der Waals surface area contributed by atoms with E-state index in [0.29, 0.717) is 18.5 Å².